The van der Waals surface area contributed by atoms with E-state index in [-0.39, 0.29) is 0 Å². The number of aliphatic hydroxyl groups is 1. The minimum Gasteiger partial charge on any atom is -0.389 e. The van der Waals surface area contributed by atoms with Gasteiger partial charge >= 0.3 is 0 Å². The maximum atomic E-state index is 9.92. The van der Waals surface area contributed by atoms with E-state index in [1.165, 1.54) is 5.69 Å². The van der Waals surface area contributed by atoms with E-state index in [9.17, 15) is 5.11 Å². The number of hydrogen-bond acceptors (Lipinski definition) is 4. The molecule has 118 valence electrons. The van der Waals surface area contributed by atoms with Gasteiger partial charge < -0.3 is 15.3 Å². The molecule has 2 rings (SSSR count). The summed E-state index contributed by atoms with van der Waals surface area (Å²) in [6.07, 6.45) is 0. The number of β-amino-alcohol motifs (C(OH)–C–C–N with tert-alkyl or cyclic N) is 1. The molecule has 0 atom stereocenters. The molecule has 0 saturated carbocycles. The first kappa shape index (κ1) is 16.6. The molecule has 1 saturated heterocycles. The molecule has 0 unspecified atom stereocenters. The van der Waals surface area contributed by atoms with E-state index >= 15 is 0 Å². The predicted molar refractivity (Wildman–Crippen MR) is 89.2 cm³/mol. The van der Waals surface area contributed by atoms with Crippen LogP contribution in [0.2, 0.25) is 5.02 Å². The zero-order valence-corrected chi connectivity index (χ0v) is 14.0. The van der Waals surface area contributed by atoms with E-state index in [1.807, 2.05) is 33.0 Å². The summed E-state index contributed by atoms with van der Waals surface area (Å²) in [6, 6.07) is 6.10. The molecule has 2 N–H and O–H groups in total. The van der Waals surface area contributed by atoms with Crippen LogP contribution in [0.3, 0.4) is 0 Å². The van der Waals surface area contributed by atoms with Gasteiger partial charge in [0.05, 0.1) is 5.60 Å². The van der Waals surface area contributed by atoms with Gasteiger partial charge in [0.15, 0.2) is 0 Å². The summed E-state index contributed by atoms with van der Waals surface area (Å²) >= 11 is 6.33. The minimum absolute atomic E-state index is 0.629. The number of hydrogen-bond donors (Lipinski definition) is 2. The summed E-state index contributed by atoms with van der Waals surface area (Å²) in [6.45, 7) is 9.09. The van der Waals surface area contributed by atoms with Crippen LogP contribution in [0.25, 0.3) is 0 Å². The van der Waals surface area contributed by atoms with Crippen LogP contribution in [0.5, 0.6) is 0 Å². The van der Waals surface area contributed by atoms with E-state index in [4.69, 9.17) is 11.6 Å². The fourth-order valence-corrected chi connectivity index (χ4v) is 3.13. The number of anilines is 1. The highest BCUT2D eigenvalue weighted by atomic mass is 35.5. The van der Waals surface area contributed by atoms with Gasteiger partial charge in [-0.25, -0.2) is 0 Å². The number of benzene rings is 1. The van der Waals surface area contributed by atoms with Gasteiger partial charge in [-0.05, 0) is 33.0 Å². The Hall–Kier alpha value is -0.810. The fraction of sp³-hybridized carbons (Fsp3) is 0.625. The minimum atomic E-state index is -0.629. The summed E-state index contributed by atoms with van der Waals surface area (Å²) in [5.74, 6) is 0. The van der Waals surface area contributed by atoms with Crippen LogP contribution >= 0.6 is 11.6 Å². The van der Waals surface area contributed by atoms with Gasteiger partial charge in [0, 0.05) is 55.5 Å². The quantitative estimate of drug-likeness (QED) is 0.872. The van der Waals surface area contributed by atoms with Gasteiger partial charge in [-0.2, -0.15) is 0 Å². The summed E-state index contributed by atoms with van der Waals surface area (Å²) < 4.78 is 0. The molecular weight excluding hydrogens is 286 g/mol. The number of nitrogens with one attached hydrogen (secondary N) is 1. The van der Waals surface area contributed by atoms with Gasteiger partial charge in [0.1, 0.15) is 0 Å². The lowest BCUT2D eigenvalue weighted by Crippen LogP contribution is -2.50. The molecule has 0 amide bonds. The molecule has 0 spiro atoms. The van der Waals surface area contributed by atoms with Crippen LogP contribution in [0.1, 0.15) is 19.4 Å². The van der Waals surface area contributed by atoms with Crippen molar-refractivity contribution in [2.45, 2.75) is 26.0 Å². The second kappa shape index (κ2) is 6.97. The average Bonchev–Trinajstić information content (AvgIpc) is 2.40. The van der Waals surface area contributed by atoms with Crippen LogP contribution in [0.4, 0.5) is 5.69 Å². The number of rotatable bonds is 5. The van der Waals surface area contributed by atoms with Gasteiger partial charge in [0.2, 0.25) is 0 Å². The second-order valence-corrected chi connectivity index (χ2v) is 6.75. The third-order valence-corrected chi connectivity index (χ3v) is 4.13. The molecule has 1 aromatic rings. The summed E-state index contributed by atoms with van der Waals surface area (Å²) in [5, 5.41) is 13.9. The Morgan fingerprint density at radius 3 is 2.48 bits per heavy atom. The Labute approximate surface area is 132 Å². The lowest BCUT2D eigenvalue weighted by atomic mass is 10.1. The average molecular weight is 312 g/mol. The molecular formula is C16H26ClN3O. The zero-order valence-electron chi connectivity index (χ0n) is 13.2. The van der Waals surface area contributed by atoms with E-state index in [2.05, 4.69) is 21.2 Å². The molecule has 21 heavy (non-hydrogen) atoms. The number of halogens is 1. The molecule has 1 heterocycles. The predicted octanol–water partition coefficient (Wildman–Crippen LogP) is 1.95. The van der Waals surface area contributed by atoms with Crippen molar-refractivity contribution >= 4 is 17.3 Å². The van der Waals surface area contributed by atoms with E-state index < -0.39 is 5.60 Å². The van der Waals surface area contributed by atoms with Crippen molar-refractivity contribution in [2.24, 2.45) is 0 Å². The fourth-order valence-electron chi connectivity index (χ4n) is 2.89. The van der Waals surface area contributed by atoms with Crippen molar-refractivity contribution in [1.29, 1.82) is 0 Å². The number of piperazine rings is 1. The Morgan fingerprint density at radius 2 is 1.90 bits per heavy atom. The standard InChI is InChI=1S/C16H26ClN3O/c1-16(2,21)12-19-7-9-20(10-8-19)15-6-4-5-14(17)13(15)11-18-3/h4-6,18,21H,7-12H2,1-3H3. The van der Waals surface area contributed by atoms with E-state index in [0.29, 0.717) is 0 Å². The molecule has 1 aliphatic rings. The topological polar surface area (TPSA) is 38.7 Å². The summed E-state index contributed by atoms with van der Waals surface area (Å²) in [5.41, 5.74) is 1.76. The molecule has 1 aromatic carbocycles. The lowest BCUT2D eigenvalue weighted by molar-refractivity contribution is 0.0345. The lowest BCUT2D eigenvalue weighted by Gasteiger charge is -2.39. The Bertz CT molecular complexity index is 465. The molecule has 4 nitrogen and oxygen atoms in total. The maximum Gasteiger partial charge on any atom is 0.0718 e. The van der Waals surface area contributed by atoms with Crippen molar-refractivity contribution in [3.63, 3.8) is 0 Å². The molecule has 5 heteroatoms. The largest absolute Gasteiger partial charge is 0.389 e. The Kier molecular flexibility index (Phi) is 5.49. The van der Waals surface area contributed by atoms with Gasteiger partial charge in [0.25, 0.3) is 0 Å². The van der Waals surface area contributed by atoms with Gasteiger partial charge in [-0.1, -0.05) is 17.7 Å². The van der Waals surface area contributed by atoms with Crippen molar-refractivity contribution in [1.82, 2.24) is 10.2 Å². The Balaban J connectivity index is 2.04. The number of nitrogens with zero attached hydrogens (tertiary/aromatic N) is 2. The first-order valence-corrected chi connectivity index (χ1v) is 7.90. The molecule has 1 fully saturated rings. The smallest absolute Gasteiger partial charge is 0.0718 e. The van der Waals surface area contributed by atoms with Crippen LogP contribution < -0.4 is 10.2 Å². The third-order valence-electron chi connectivity index (χ3n) is 3.77. The highest BCUT2D eigenvalue weighted by Crippen LogP contribution is 2.28. The first-order chi connectivity index (χ1) is 9.90. The van der Waals surface area contributed by atoms with Crippen molar-refractivity contribution in [2.75, 3.05) is 44.7 Å². The second-order valence-electron chi connectivity index (χ2n) is 6.34. The van der Waals surface area contributed by atoms with Crippen LogP contribution in [-0.4, -0.2) is 55.4 Å². The maximum absolute atomic E-state index is 9.92. The molecule has 0 aliphatic carbocycles. The molecule has 0 bridgehead atoms. The first-order valence-electron chi connectivity index (χ1n) is 7.52. The molecule has 1 aliphatic heterocycles. The van der Waals surface area contributed by atoms with E-state index in [0.717, 1.165) is 49.9 Å². The normalized spacial score (nSPS) is 17.3. The summed E-state index contributed by atoms with van der Waals surface area (Å²) in [4.78, 5) is 4.71. The highest BCUT2D eigenvalue weighted by molar-refractivity contribution is 6.31. The summed E-state index contributed by atoms with van der Waals surface area (Å²) in [7, 11) is 1.94. The Morgan fingerprint density at radius 1 is 1.24 bits per heavy atom. The van der Waals surface area contributed by atoms with Crippen molar-refractivity contribution in [3.8, 4) is 0 Å². The third kappa shape index (κ3) is 4.58. The monoisotopic (exact) mass is 311 g/mol. The van der Waals surface area contributed by atoms with Crippen molar-refractivity contribution < 1.29 is 5.11 Å². The van der Waals surface area contributed by atoms with E-state index in [1.54, 1.807) is 0 Å². The van der Waals surface area contributed by atoms with Gasteiger partial charge in [-0.3, -0.25) is 4.90 Å². The van der Waals surface area contributed by atoms with Crippen LogP contribution in [-0.2, 0) is 6.54 Å². The zero-order chi connectivity index (χ0) is 15.5. The SMILES string of the molecule is CNCc1c(Cl)cccc1N1CCN(CC(C)(C)O)CC1. The molecule has 0 radical (unpaired) electrons. The van der Waals surface area contributed by atoms with Crippen LogP contribution in [0.15, 0.2) is 18.2 Å². The van der Waals surface area contributed by atoms with Crippen LogP contribution in [0, 0.1) is 0 Å². The van der Waals surface area contributed by atoms with Crippen molar-refractivity contribution in [3.05, 3.63) is 28.8 Å². The highest BCUT2D eigenvalue weighted by Gasteiger charge is 2.24. The molecule has 0 aromatic heterocycles. The van der Waals surface area contributed by atoms with Gasteiger partial charge in [-0.15, -0.1) is 0 Å².